The number of halogens is 1. The van der Waals surface area contributed by atoms with E-state index in [1.807, 2.05) is 0 Å². The van der Waals surface area contributed by atoms with Crippen molar-refractivity contribution in [2.24, 2.45) is 17.8 Å². The number of hydrogen-bond acceptors (Lipinski definition) is 5. The molecule has 0 aromatic carbocycles. The lowest BCUT2D eigenvalue weighted by Gasteiger charge is -2.37. The lowest BCUT2D eigenvalue weighted by atomic mass is 9.77. The lowest BCUT2D eigenvalue weighted by Crippen LogP contribution is -2.38. The Bertz CT molecular complexity index is 854. The van der Waals surface area contributed by atoms with Crippen molar-refractivity contribution >= 4 is 5.69 Å². The number of unbranched alkanes of at least 4 members (excludes halogenated alkanes) is 1. The first kappa shape index (κ1) is 19.9. The van der Waals surface area contributed by atoms with Crippen LogP contribution in [0.2, 0.25) is 0 Å². The molecule has 0 amide bonds. The molecule has 0 spiro atoms. The Morgan fingerprint density at radius 2 is 2.03 bits per heavy atom. The minimum absolute atomic E-state index is 0.162. The van der Waals surface area contributed by atoms with E-state index in [0.29, 0.717) is 17.5 Å². The standard InChI is InChI=1S/C23H32FN5O/c1-2-3-4-19-14-29(27-26-19)22-9-17-12-28(21-7-8-25-11-20(21)24)13-18(17)10-23(22)30-15-16-5-6-16/h7-8,11,14,16-18,22-23H,2-6,9-10,12-13,15H2,1H3/t17-,18+,22-,23-/m1/s1. The average Bonchev–Trinajstić information content (AvgIpc) is 3.31. The molecule has 0 radical (unpaired) electrons. The summed E-state index contributed by atoms with van der Waals surface area (Å²) in [5, 5.41) is 8.92. The maximum Gasteiger partial charge on any atom is 0.164 e. The number of aryl methyl sites for hydroxylation is 1. The van der Waals surface area contributed by atoms with Gasteiger partial charge in [-0.25, -0.2) is 9.07 Å². The van der Waals surface area contributed by atoms with Gasteiger partial charge >= 0.3 is 0 Å². The third-order valence-corrected chi connectivity index (χ3v) is 7.10. The number of fused-ring (bicyclic) bond motifs is 1. The van der Waals surface area contributed by atoms with Crippen molar-refractivity contribution in [1.29, 1.82) is 0 Å². The van der Waals surface area contributed by atoms with Gasteiger partial charge in [0.05, 0.1) is 29.7 Å². The van der Waals surface area contributed by atoms with Gasteiger partial charge in [0, 0.05) is 32.1 Å². The molecule has 7 heteroatoms. The number of hydrogen-bond donors (Lipinski definition) is 0. The minimum Gasteiger partial charge on any atom is -0.376 e. The van der Waals surface area contributed by atoms with Crippen LogP contribution < -0.4 is 4.90 Å². The fourth-order valence-corrected chi connectivity index (χ4v) is 5.16. The summed E-state index contributed by atoms with van der Waals surface area (Å²) >= 11 is 0. The highest BCUT2D eigenvalue weighted by atomic mass is 19.1. The van der Waals surface area contributed by atoms with E-state index in [0.717, 1.165) is 63.4 Å². The van der Waals surface area contributed by atoms with Gasteiger partial charge in [-0.3, -0.25) is 4.98 Å². The molecule has 2 aromatic heterocycles. The van der Waals surface area contributed by atoms with E-state index >= 15 is 0 Å². The van der Waals surface area contributed by atoms with Crippen molar-refractivity contribution in [2.45, 2.75) is 64.0 Å². The van der Waals surface area contributed by atoms with Gasteiger partial charge in [-0.05, 0) is 62.3 Å². The topological polar surface area (TPSA) is 56.1 Å². The molecule has 3 heterocycles. The molecule has 3 aliphatic rings. The summed E-state index contributed by atoms with van der Waals surface area (Å²) in [6, 6.07) is 2.01. The minimum atomic E-state index is -0.230. The highest BCUT2D eigenvalue weighted by Gasteiger charge is 2.44. The maximum atomic E-state index is 14.3. The second kappa shape index (κ2) is 8.61. The Hall–Kier alpha value is -2.02. The molecule has 2 saturated carbocycles. The predicted octanol–water partition coefficient (Wildman–Crippen LogP) is 4.04. The van der Waals surface area contributed by atoms with Crippen LogP contribution in [0.15, 0.2) is 24.7 Å². The van der Waals surface area contributed by atoms with E-state index in [-0.39, 0.29) is 18.0 Å². The molecule has 0 unspecified atom stereocenters. The third kappa shape index (κ3) is 4.22. The summed E-state index contributed by atoms with van der Waals surface area (Å²) in [6.45, 7) is 4.83. The fourth-order valence-electron chi connectivity index (χ4n) is 5.16. The van der Waals surface area contributed by atoms with Gasteiger partial charge in [0.2, 0.25) is 0 Å². The first-order valence-corrected chi connectivity index (χ1v) is 11.6. The van der Waals surface area contributed by atoms with E-state index in [2.05, 4.69) is 38.0 Å². The Kier molecular flexibility index (Phi) is 5.72. The summed E-state index contributed by atoms with van der Waals surface area (Å²) in [5.41, 5.74) is 1.75. The molecule has 3 fully saturated rings. The Balaban J connectivity index is 1.32. The predicted molar refractivity (Wildman–Crippen MR) is 113 cm³/mol. The monoisotopic (exact) mass is 413 g/mol. The van der Waals surface area contributed by atoms with E-state index < -0.39 is 0 Å². The van der Waals surface area contributed by atoms with Crippen molar-refractivity contribution in [2.75, 3.05) is 24.6 Å². The highest BCUT2D eigenvalue weighted by Crippen LogP contribution is 2.44. The summed E-state index contributed by atoms with van der Waals surface area (Å²) in [6.07, 6.45) is 13.2. The molecule has 162 valence electrons. The third-order valence-electron chi connectivity index (χ3n) is 7.10. The van der Waals surface area contributed by atoms with Gasteiger partial charge in [-0.2, -0.15) is 0 Å². The van der Waals surface area contributed by atoms with Gasteiger partial charge in [-0.15, -0.1) is 5.10 Å². The van der Waals surface area contributed by atoms with Crippen molar-refractivity contribution in [3.8, 4) is 0 Å². The molecule has 2 aromatic rings. The van der Waals surface area contributed by atoms with Crippen LogP contribution in [0.1, 0.15) is 57.2 Å². The van der Waals surface area contributed by atoms with E-state index in [1.165, 1.54) is 19.0 Å². The van der Waals surface area contributed by atoms with Gasteiger partial charge in [-0.1, -0.05) is 18.6 Å². The molecule has 1 aliphatic heterocycles. The van der Waals surface area contributed by atoms with Crippen LogP contribution in [-0.4, -0.2) is 45.8 Å². The molecule has 6 nitrogen and oxygen atoms in total. The second-order valence-corrected chi connectivity index (χ2v) is 9.40. The summed E-state index contributed by atoms with van der Waals surface area (Å²) < 4.78 is 22.8. The van der Waals surface area contributed by atoms with Gasteiger partial charge in [0.15, 0.2) is 5.82 Å². The van der Waals surface area contributed by atoms with E-state index in [1.54, 1.807) is 12.3 Å². The quantitative estimate of drug-likeness (QED) is 0.654. The first-order valence-electron chi connectivity index (χ1n) is 11.6. The zero-order chi connectivity index (χ0) is 20.5. The second-order valence-electron chi connectivity index (χ2n) is 9.40. The largest absolute Gasteiger partial charge is 0.376 e. The lowest BCUT2D eigenvalue weighted by molar-refractivity contribution is -0.0375. The molecule has 4 atom stereocenters. The molecular formula is C23H32FN5O. The van der Waals surface area contributed by atoms with Crippen LogP contribution >= 0.6 is 0 Å². The van der Waals surface area contributed by atoms with Gasteiger partial charge in [0.1, 0.15) is 0 Å². The van der Waals surface area contributed by atoms with Crippen LogP contribution in [0.5, 0.6) is 0 Å². The fraction of sp³-hybridized carbons (Fsp3) is 0.696. The molecule has 2 aliphatic carbocycles. The number of pyridine rings is 1. The molecule has 0 bridgehead atoms. The number of aromatic nitrogens is 4. The van der Waals surface area contributed by atoms with E-state index in [9.17, 15) is 4.39 Å². The zero-order valence-electron chi connectivity index (χ0n) is 17.8. The van der Waals surface area contributed by atoms with Crippen LogP contribution in [0.3, 0.4) is 0 Å². The Morgan fingerprint density at radius 3 is 2.80 bits per heavy atom. The van der Waals surface area contributed by atoms with Crippen molar-refractivity contribution in [3.63, 3.8) is 0 Å². The smallest absolute Gasteiger partial charge is 0.164 e. The summed E-state index contributed by atoms with van der Waals surface area (Å²) in [5.74, 6) is 1.56. The van der Waals surface area contributed by atoms with E-state index in [4.69, 9.17) is 4.74 Å². The Labute approximate surface area is 177 Å². The van der Waals surface area contributed by atoms with Crippen molar-refractivity contribution in [3.05, 3.63) is 36.2 Å². The summed E-state index contributed by atoms with van der Waals surface area (Å²) in [7, 11) is 0. The van der Waals surface area contributed by atoms with Crippen LogP contribution in [0, 0.1) is 23.6 Å². The molecule has 0 N–H and O–H groups in total. The number of ether oxygens (including phenoxy) is 1. The number of rotatable bonds is 8. The SMILES string of the molecule is CCCCc1cn([C@@H]2C[C@@H]3CN(c4ccncc4F)C[C@@H]3C[C@H]2OCC2CC2)nn1. The molecule has 5 rings (SSSR count). The first-order chi connectivity index (χ1) is 14.7. The Morgan fingerprint density at radius 1 is 1.20 bits per heavy atom. The van der Waals surface area contributed by atoms with Crippen LogP contribution in [0.25, 0.3) is 0 Å². The molecule has 30 heavy (non-hydrogen) atoms. The normalized spacial score (nSPS) is 28.7. The highest BCUT2D eigenvalue weighted by molar-refractivity contribution is 5.47. The molecule has 1 saturated heterocycles. The molecular weight excluding hydrogens is 381 g/mol. The summed E-state index contributed by atoms with van der Waals surface area (Å²) in [4.78, 5) is 6.10. The van der Waals surface area contributed by atoms with Crippen LogP contribution in [-0.2, 0) is 11.2 Å². The van der Waals surface area contributed by atoms with Crippen molar-refractivity contribution < 1.29 is 9.13 Å². The van der Waals surface area contributed by atoms with Gasteiger partial charge < -0.3 is 9.64 Å². The number of anilines is 1. The van der Waals surface area contributed by atoms with Gasteiger partial charge in [0.25, 0.3) is 0 Å². The van der Waals surface area contributed by atoms with Crippen molar-refractivity contribution in [1.82, 2.24) is 20.0 Å². The maximum absolute atomic E-state index is 14.3. The van der Waals surface area contributed by atoms with Crippen LogP contribution in [0.4, 0.5) is 10.1 Å². The average molecular weight is 414 g/mol. The zero-order valence-corrected chi connectivity index (χ0v) is 17.8. The number of nitrogens with zero attached hydrogens (tertiary/aromatic N) is 5.